The summed E-state index contributed by atoms with van der Waals surface area (Å²) in [7, 11) is -3.54. The molecule has 0 saturated carbocycles. The molecule has 1 aromatic carbocycles. The first-order chi connectivity index (χ1) is 16.4. The Balaban J connectivity index is 1.37. The Bertz CT molecular complexity index is 1210. The van der Waals surface area contributed by atoms with Crippen molar-refractivity contribution < 1.29 is 13.2 Å². The molecule has 2 aromatic heterocycles. The zero-order chi connectivity index (χ0) is 24.1. The van der Waals surface area contributed by atoms with E-state index in [9.17, 15) is 13.2 Å². The molecule has 1 saturated heterocycles. The minimum atomic E-state index is -3.54. The van der Waals surface area contributed by atoms with Crippen LogP contribution in [0.3, 0.4) is 0 Å². The molecule has 1 fully saturated rings. The maximum Gasteiger partial charge on any atom is 0.253 e. The first-order valence-corrected chi connectivity index (χ1v) is 12.8. The van der Waals surface area contributed by atoms with Crippen LogP contribution in [0.1, 0.15) is 24.2 Å². The molecule has 0 aliphatic carbocycles. The number of amides is 1. The first kappa shape index (κ1) is 23.8. The molecule has 3 heterocycles. The number of benzene rings is 1. The smallest absolute Gasteiger partial charge is 0.253 e. The van der Waals surface area contributed by atoms with Crippen LogP contribution in [0.5, 0.6) is 0 Å². The lowest BCUT2D eigenvalue weighted by atomic mass is 10.1. The molecule has 0 N–H and O–H groups in total. The summed E-state index contributed by atoms with van der Waals surface area (Å²) in [5.74, 6) is 0.668. The van der Waals surface area contributed by atoms with Gasteiger partial charge in [0.05, 0.1) is 10.6 Å². The van der Waals surface area contributed by atoms with E-state index >= 15 is 0 Å². The molecule has 9 nitrogen and oxygen atoms in total. The molecule has 1 amide bonds. The van der Waals surface area contributed by atoms with Crippen LogP contribution in [0, 0.1) is 0 Å². The zero-order valence-corrected chi connectivity index (χ0v) is 20.1. The number of aromatic nitrogens is 3. The van der Waals surface area contributed by atoms with E-state index in [0.717, 1.165) is 17.1 Å². The molecule has 0 atom stereocenters. The Morgan fingerprint density at radius 3 is 2.09 bits per heavy atom. The van der Waals surface area contributed by atoms with E-state index in [1.807, 2.05) is 24.3 Å². The van der Waals surface area contributed by atoms with Crippen molar-refractivity contribution in [3.05, 3.63) is 66.5 Å². The SMILES string of the molecule is CCN(CC)S(=O)(=O)c1ccc(C(=O)N2CCN(c3ccc(-c4ccncc4)nn3)CC2)cc1. The van der Waals surface area contributed by atoms with Gasteiger partial charge < -0.3 is 9.80 Å². The highest BCUT2D eigenvalue weighted by Gasteiger charge is 2.25. The average molecular weight is 481 g/mol. The van der Waals surface area contributed by atoms with Crippen molar-refractivity contribution in [2.24, 2.45) is 0 Å². The minimum Gasteiger partial charge on any atom is -0.352 e. The molecule has 3 aromatic rings. The Labute approximate surface area is 200 Å². The van der Waals surface area contributed by atoms with Gasteiger partial charge in [-0.3, -0.25) is 9.78 Å². The number of hydrogen-bond donors (Lipinski definition) is 0. The Morgan fingerprint density at radius 2 is 1.53 bits per heavy atom. The van der Waals surface area contributed by atoms with E-state index in [1.54, 1.807) is 43.3 Å². The van der Waals surface area contributed by atoms with Crippen LogP contribution >= 0.6 is 0 Å². The van der Waals surface area contributed by atoms with Crippen molar-refractivity contribution in [3.8, 4) is 11.3 Å². The third kappa shape index (κ3) is 4.92. The number of nitrogens with zero attached hydrogens (tertiary/aromatic N) is 6. The molecule has 1 aliphatic heterocycles. The minimum absolute atomic E-state index is 0.106. The number of rotatable bonds is 7. The van der Waals surface area contributed by atoms with Crippen molar-refractivity contribution in [2.75, 3.05) is 44.2 Å². The highest BCUT2D eigenvalue weighted by molar-refractivity contribution is 7.89. The number of sulfonamides is 1. The monoisotopic (exact) mass is 480 g/mol. The maximum atomic E-state index is 13.0. The summed E-state index contributed by atoms with van der Waals surface area (Å²) in [5, 5.41) is 8.68. The van der Waals surface area contributed by atoms with Crippen molar-refractivity contribution >= 4 is 21.7 Å². The third-order valence-electron chi connectivity index (χ3n) is 5.96. The van der Waals surface area contributed by atoms with E-state index in [0.29, 0.717) is 44.8 Å². The van der Waals surface area contributed by atoms with Gasteiger partial charge in [0.2, 0.25) is 10.0 Å². The molecule has 178 valence electrons. The predicted octanol–water partition coefficient (Wildman–Crippen LogP) is 2.53. The number of carbonyl (C=O) groups excluding carboxylic acids is 1. The van der Waals surface area contributed by atoms with Gasteiger partial charge in [0.25, 0.3) is 5.91 Å². The average Bonchev–Trinajstić information content (AvgIpc) is 2.89. The number of anilines is 1. The van der Waals surface area contributed by atoms with Crippen LogP contribution in [0.2, 0.25) is 0 Å². The van der Waals surface area contributed by atoms with Gasteiger partial charge in [0.1, 0.15) is 0 Å². The molecule has 10 heteroatoms. The van der Waals surface area contributed by atoms with Gasteiger partial charge in [-0.05, 0) is 48.5 Å². The molecule has 0 radical (unpaired) electrons. The summed E-state index contributed by atoms with van der Waals surface area (Å²) in [4.78, 5) is 21.1. The van der Waals surface area contributed by atoms with Gasteiger partial charge in [-0.1, -0.05) is 13.8 Å². The lowest BCUT2D eigenvalue weighted by molar-refractivity contribution is 0.0746. The molecule has 0 unspecified atom stereocenters. The molecule has 4 rings (SSSR count). The summed E-state index contributed by atoms with van der Waals surface area (Å²) in [6.45, 7) is 6.80. The summed E-state index contributed by atoms with van der Waals surface area (Å²) >= 11 is 0. The standard InChI is InChI=1S/C24H28N6O3S/c1-3-30(4-2)34(32,33)21-7-5-20(6-8-21)24(31)29-17-15-28(16-18-29)23-10-9-22(26-27-23)19-11-13-25-14-12-19/h5-14H,3-4,15-18H2,1-2H3. The van der Waals surface area contributed by atoms with Gasteiger partial charge >= 0.3 is 0 Å². The number of pyridine rings is 1. The van der Waals surface area contributed by atoms with Crippen molar-refractivity contribution in [1.29, 1.82) is 0 Å². The Kier molecular flexibility index (Phi) is 7.18. The quantitative estimate of drug-likeness (QED) is 0.512. The Hall–Kier alpha value is -3.37. The number of carbonyl (C=O) groups is 1. The predicted molar refractivity (Wildman–Crippen MR) is 130 cm³/mol. The molecule has 34 heavy (non-hydrogen) atoms. The fourth-order valence-corrected chi connectivity index (χ4v) is 5.43. The van der Waals surface area contributed by atoms with Gasteiger partial charge in [-0.25, -0.2) is 8.42 Å². The lowest BCUT2D eigenvalue weighted by Crippen LogP contribution is -2.49. The topological polar surface area (TPSA) is 99.6 Å². The number of hydrogen-bond acceptors (Lipinski definition) is 7. The summed E-state index contributed by atoms with van der Waals surface area (Å²) in [5.41, 5.74) is 2.22. The van der Waals surface area contributed by atoms with Crippen LogP contribution in [0.4, 0.5) is 5.82 Å². The van der Waals surface area contributed by atoms with E-state index in [-0.39, 0.29) is 10.8 Å². The van der Waals surface area contributed by atoms with Crippen LogP contribution < -0.4 is 4.90 Å². The summed E-state index contributed by atoms with van der Waals surface area (Å²) in [6, 6.07) is 13.9. The highest BCUT2D eigenvalue weighted by atomic mass is 32.2. The van der Waals surface area contributed by atoms with Crippen LogP contribution in [-0.4, -0.2) is 78.0 Å². The molecule has 0 bridgehead atoms. The second-order valence-corrected chi connectivity index (χ2v) is 9.84. The second kappa shape index (κ2) is 10.3. The Morgan fingerprint density at radius 1 is 0.882 bits per heavy atom. The fourth-order valence-electron chi connectivity index (χ4n) is 3.97. The van der Waals surface area contributed by atoms with Crippen LogP contribution in [-0.2, 0) is 10.0 Å². The fraction of sp³-hybridized carbons (Fsp3) is 0.333. The van der Waals surface area contributed by atoms with Crippen molar-refractivity contribution in [2.45, 2.75) is 18.7 Å². The molecular weight excluding hydrogens is 452 g/mol. The largest absolute Gasteiger partial charge is 0.352 e. The molecular formula is C24H28N6O3S. The normalized spacial score (nSPS) is 14.4. The van der Waals surface area contributed by atoms with Gasteiger partial charge in [-0.2, -0.15) is 4.31 Å². The third-order valence-corrected chi connectivity index (χ3v) is 8.03. The second-order valence-electron chi connectivity index (χ2n) is 7.91. The lowest BCUT2D eigenvalue weighted by Gasteiger charge is -2.35. The number of piperazine rings is 1. The van der Waals surface area contributed by atoms with Crippen LogP contribution in [0.15, 0.2) is 65.8 Å². The van der Waals surface area contributed by atoms with E-state index in [1.165, 1.54) is 16.4 Å². The van der Waals surface area contributed by atoms with E-state index < -0.39 is 10.0 Å². The van der Waals surface area contributed by atoms with Crippen molar-refractivity contribution in [1.82, 2.24) is 24.4 Å². The van der Waals surface area contributed by atoms with Gasteiger partial charge in [0, 0.05) is 62.8 Å². The van der Waals surface area contributed by atoms with E-state index in [2.05, 4.69) is 20.1 Å². The highest BCUT2D eigenvalue weighted by Crippen LogP contribution is 2.20. The maximum absolute atomic E-state index is 13.0. The van der Waals surface area contributed by atoms with Crippen LogP contribution in [0.25, 0.3) is 11.3 Å². The molecule has 1 aliphatic rings. The van der Waals surface area contributed by atoms with E-state index in [4.69, 9.17) is 0 Å². The van der Waals surface area contributed by atoms with Gasteiger partial charge in [0.15, 0.2) is 5.82 Å². The summed E-state index contributed by atoms with van der Waals surface area (Å²) < 4.78 is 26.7. The molecule has 0 spiro atoms. The zero-order valence-electron chi connectivity index (χ0n) is 19.3. The van der Waals surface area contributed by atoms with Crippen molar-refractivity contribution in [3.63, 3.8) is 0 Å². The first-order valence-electron chi connectivity index (χ1n) is 11.3. The van der Waals surface area contributed by atoms with Gasteiger partial charge in [-0.15, -0.1) is 10.2 Å². The summed E-state index contributed by atoms with van der Waals surface area (Å²) in [6.07, 6.45) is 3.44.